The molecule has 0 bridgehead atoms. The van der Waals surface area contributed by atoms with Gasteiger partial charge < -0.3 is 19.5 Å². The molecule has 0 saturated carbocycles. The third-order valence-corrected chi connectivity index (χ3v) is 5.10. The van der Waals surface area contributed by atoms with E-state index >= 15 is 0 Å². The molecule has 32 heavy (non-hydrogen) atoms. The minimum Gasteiger partial charge on any atom is -0.490 e. The second-order valence-corrected chi connectivity index (χ2v) is 7.79. The monoisotopic (exact) mass is 548 g/mol. The van der Waals surface area contributed by atoms with Gasteiger partial charge in [-0.3, -0.25) is 4.79 Å². The van der Waals surface area contributed by atoms with E-state index in [-0.39, 0.29) is 24.8 Å². The van der Waals surface area contributed by atoms with Gasteiger partial charge in [-0.1, -0.05) is 30.3 Å². The number of benzene rings is 2. The van der Waals surface area contributed by atoms with E-state index in [9.17, 15) is 14.9 Å². The first kappa shape index (κ1) is 25.2. The van der Waals surface area contributed by atoms with Gasteiger partial charge in [0.15, 0.2) is 18.1 Å². The van der Waals surface area contributed by atoms with E-state index in [4.69, 9.17) is 14.2 Å². The Morgan fingerprint density at radius 1 is 1.16 bits per heavy atom. The standard InChI is InChI=1S/C24H25IN2O5/c1-4-30-21-13-17(12-20(25)23(21)32-15-22(28)31-5-2)11-19(14-26)24(29)27-16(3)18-9-7-6-8-10-18/h6-13,16H,4-5,15H2,1-3H3,(H,27,29)/b19-11+/t16-/m1/s1. The maximum absolute atomic E-state index is 12.7. The van der Waals surface area contributed by atoms with Crippen LogP contribution < -0.4 is 14.8 Å². The number of nitrogens with zero attached hydrogens (tertiary/aromatic N) is 1. The zero-order valence-corrected chi connectivity index (χ0v) is 20.3. The van der Waals surface area contributed by atoms with Crippen molar-refractivity contribution in [1.82, 2.24) is 5.32 Å². The van der Waals surface area contributed by atoms with Crippen molar-refractivity contribution in [2.75, 3.05) is 19.8 Å². The van der Waals surface area contributed by atoms with E-state index in [1.165, 1.54) is 6.08 Å². The van der Waals surface area contributed by atoms with Crippen LogP contribution in [0.4, 0.5) is 0 Å². The van der Waals surface area contributed by atoms with E-state index in [2.05, 4.69) is 27.9 Å². The second kappa shape index (κ2) is 12.7. The second-order valence-electron chi connectivity index (χ2n) is 6.63. The minimum absolute atomic E-state index is 0.0359. The molecule has 1 N–H and O–H groups in total. The van der Waals surface area contributed by atoms with Crippen LogP contribution in [0, 0.1) is 14.9 Å². The molecule has 2 aromatic carbocycles. The highest BCUT2D eigenvalue weighted by atomic mass is 127. The van der Waals surface area contributed by atoms with Crippen molar-refractivity contribution in [3.8, 4) is 17.6 Å². The Morgan fingerprint density at radius 3 is 2.50 bits per heavy atom. The number of carbonyl (C=O) groups excluding carboxylic acids is 2. The molecule has 2 rings (SSSR count). The van der Waals surface area contributed by atoms with Crippen molar-refractivity contribution in [3.05, 3.63) is 62.7 Å². The quantitative estimate of drug-likeness (QED) is 0.205. The average molecular weight is 548 g/mol. The number of carbonyl (C=O) groups is 2. The van der Waals surface area contributed by atoms with Crippen molar-refractivity contribution < 1.29 is 23.8 Å². The zero-order chi connectivity index (χ0) is 23.5. The summed E-state index contributed by atoms with van der Waals surface area (Å²) in [5.74, 6) is -0.145. The molecule has 0 aliphatic rings. The molecule has 1 atom stereocenters. The van der Waals surface area contributed by atoms with Gasteiger partial charge in [-0.2, -0.15) is 5.26 Å². The Morgan fingerprint density at radius 2 is 1.88 bits per heavy atom. The van der Waals surface area contributed by atoms with Crippen LogP contribution in [0.5, 0.6) is 11.5 Å². The molecule has 8 heteroatoms. The highest BCUT2D eigenvalue weighted by Gasteiger charge is 2.17. The first-order chi connectivity index (χ1) is 15.4. The number of rotatable bonds is 10. The minimum atomic E-state index is -0.481. The Balaban J connectivity index is 2.25. The lowest BCUT2D eigenvalue weighted by atomic mass is 10.1. The molecule has 168 valence electrons. The third-order valence-electron chi connectivity index (χ3n) is 4.29. The molecule has 2 aromatic rings. The molecule has 0 unspecified atom stereocenters. The van der Waals surface area contributed by atoms with Crippen LogP contribution in [-0.2, 0) is 14.3 Å². The van der Waals surface area contributed by atoms with Gasteiger partial charge in [0.1, 0.15) is 11.6 Å². The Hall–Kier alpha value is -3.06. The molecule has 0 saturated heterocycles. The van der Waals surface area contributed by atoms with Gasteiger partial charge in [0, 0.05) is 0 Å². The van der Waals surface area contributed by atoms with Crippen molar-refractivity contribution >= 4 is 40.5 Å². The van der Waals surface area contributed by atoms with Gasteiger partial charge in [-0.25, -0.2) is 4.79 Å². The number of hydrogen-bond donors (Lipinski definition) is 1. The summed E-state index contributed by atoms with van der Waals surface area (Å²) in [6.07, 6.45) is 1.49. The molecular weight excluding hydrogens is 523 g/mol. The van der Waals surface area contributed by atoms with E-state index in [1.54, 1.807) is 19.1 Å². The molecule has 7 nitrogen and oxygen atoms in total. The normalized spacial score (nSPS) is 11.8. The average Bonchev–Trinajstić information content (AvgIpc) is 2.77. The van der Waals surface area contributed by atoms with Crippen LogP contribution in [0.1, 0.15) is 37.9 Å². The smallest absolute Gasteiger partial charge is 0.344 e. The number of esters is 1. The van der Waals surface area contributed by atoms with Gasteiger partial charge >= 0.3 is 5.97 Å². The summed E-state index contributed by atoms with van der Waals surface area (Å²) < 4.78 is 16.8. The zero-order valence-electron chi connectivity index (χ0n) is 18.2. The molecule has 0 aliphatic heterocycles. The Kier molecular flexibility index (Phi) is 10.0. The number of nitriles is 1. The van der Waals surface area contributed by atoms with Crippen molar-refractivity contribution in [2.24, 2.45) is 0 Å². The van der Waals surface area contributed by atoms with Gasteiger partial charge in [-0.05, 0) is 72.7 Å². The first-order valence-corrected chi connectivity index (χ1v) is 11.2. The van der Waals surface area contributed by atoms with E-state index in [1.807, 2.05) is 50.2 Å². The van der Waals surface area contributed by atoms with Crippen LogP contribution >= 0.6 is 22.6 Å². The summed E-state index contributed by atoms with van der Waals surface area (Å²) in [5, 5.41) is 12.4. The SMILES string of the molecule is CCOC(=O)COc1c(I)cc(/C=C(\C#N)C(=O)N[C@H](C)c2ccccc2)cc1OCC. The molecule has 0 spiro atoms. The Bertz CT molecular complexity index is 1020. The van der Waals surface area contributed by atoms with Crippen LogP contribution in [-0.4, -0.2) is 31.7 Å². The summed E-state index contributed by atoms with van der Waals surface area (Å²) in [6, 6.07) is 14.6. The molecule has 0 radical (unpaired) electrons. The fourth-order valence-corrected chi connectivity index (χ4v) is 3.60. The summed E-state index contributed by atoms with van der Waals surface area (Å²) >= 11 is 2.05. The van der Waals surface area contributed by atoms with Crippen LogP contribution in [0.15, 0.2) is 48.0 Å². The molecular formula is C24H25IN2O5. The number of nitrogens with one attached hydrogen (secondary N) is 1. The number of hydrogen-bond acceptors (Lipinski definition) is 6. The lowest BCUT2D eigenvalue weighted by Gasteiger charge is -2.15. The lowest BCUT2D eigenvalue weighted by Crippen LogP contribution is -2.27. The van der Waals surface area contributed by atoms with E-state index in [0.717, 1.165) is 5.56 Å². The largest absolute Gasteiger partial charge is 0.490 e. The van der Waals surface area contributed by atoms with Gasteiger partial charge in [0.25, 0.3) is 5.91 Å². The van der Waals surface area contributed by atoms with Crippen molar-refractivity contribution in [1.29, 1.82) is 5.26 Å². The molecule has 0 aliphatic carbocycles. The fraction of sp³-hybridized carbons (Fsp3) is 0.292. The van der Waals surface area contributed by atoms with Crippen molar-refractivity contribution in [3.63, 3.8) is 0 Å². The summed E-state index contributed by atoms with van der Waals surface area (Å²) in [5.41, 5.74) is 1.50. The maximum Gasteiger partial charge on any atom is 0.344 e. The third kappa shape index (κ3) is 7.27. The summed E-state index contributed by atoms with van der Waals surface area (Å²) in [6.45, 7) is 5.79. The van der Waals surface area contributed by atoms with Gasteiger partial charge in [-0.15, -0.1) is 0 Å². The van der Waals surface area contributed by atoms with Crippen LogP contribution in [0.2, 0.25) is 0 Å². The maximum atomic E-state index is 12.7. The number of halogens is 1. The van der Waals surface area contributed by atoms with Crippen LogP contribution in [0.25, 0.3) is 6.08 Å². The van der Waals surface area contributed by atoms with E-state index < -0.39 is 11.9 Å². The number of ether oxygens (including phenoxy) is 3. The Labute approximate surface area is 201 Å². The molecule has 0 aromatic heterocycles. The lowest BCUT2D eigenvalue weighted by molar-refractivity contribution is -0.145. The van der Waals surface area contributed by atoms with Crippen molar-refractivity contribution in [2.45, 2.75) is 26.8 Å². The van der Waals surface area contributed by atoms with Gasteiger partial charge in [0.2, 0.25) is 0 Å². The molecule has 0 heterocycles. The topological polar surface area (TPSA) is 97.7 Å². The van der Waals surface area contributed by atoms with Crippen LogP contribution in [0.3, 0.4) is 0 Å². The summed E-state index contributed by atoms with van der Waals surface area (Å²) in [4.78, 5) is 24.3. The predicted octanol–water partition coefficient (Wildman–Crippen LogP) is 4.42. The van der Waals surface area contributed by atoms with Gasteiger partial charge in [0.05, 0.1) is 22.8 Å². The first-order valence-electron chi connectivity index (χ1n) is 10.1. The molecule has 1 amide bonds. The summed E-state index contributed by atoms with van der Waals surface area (Å²) in [7, 11) is 0. The predicted molar refractivity (Wildman–Crippen MR) is 129 cm³/mol. The highest BCUT2D eigenvalue weighted by Crippen LogP contribution is 2.35. The molecule has 0 fully saturated rings. The fourth-order valence-electron chi connectivity index (χ4n) is 2.82. The highest BCUT2D eigenvalue weighted by molar-refractivity contribution is 14.1. The van der Waals surface area contributed by atoms with E-state index in [0.29, 0.717) is 27.2 Å². The number of amides is 1.